The van der Waals surface area contributed by atoms with Crippen LogP contribution in [0.5, 0.6) is 0 Å². The highest BCUT2D eigenvalue weighted by molar-refractivity contribution is 6.00. The van der Waals surface area contributed by atoms with Gasteiger partial charge in [0.15, 0.2) is 11.4 Å². The van der Waals surface area contributed by atoms with Gasteiger partial charge in [-0.2, -0.15) is 4.98 Å². The van der Waals surface area contributed by atoms with Gasteiger partial charge in [0.2, 0.25) is 11.4 Å². The fraction of sp³-hybridized carbons (Fsp3) is 0.286. The summed E-state index contributed by atoms with van der Waals surface area (Å²) in [5.41, 5.74) is 12.3. The molecule has 1 aliphatic carbocycles. The Labute approximate surface area is 177 Å². The lowest BCUT2D eigenvalue weighted by Gasteiger charge is -2.14. The molecule has 6 N–H and O–H groups in total. The van der Waals surface area contributed by atoms with Gasteiger partial charge < -0.3 is 26.7 Å². The summed E-state index contributed by atoms with van der Waals surface area (Å²) in [6.07, 6.45) is 3.34. The monoisotopic (exact) mass is 421 g/mol. The van der Waals surface area contributed by atoms with Crippen molar-refractivity contribution in [2.24, 2.45) is 11.7 Å². The SMILES string of the molecule is CCn1c(N)c(C(N)=O)c(=O)c2cnc(Nc3ccc(NCC(=O)C4CC4)cc3)nc21. The molecule has 1 amide bonds. The number of ketones is 1. The lowest BCUT2D eigenvalue weighted by molar-refractivity contribution is -0.118. The predicted octanol–water partition coefficient (Wildman–Crippen LogP) is 1.63. The van der Waals surface area contributed by atoms with Crippen molar-refractivity contribution in [2.45, 2.75) is 26.3 Å². The molecule has 0 radical (unpaired) electrons. The number of hydrogen-bond donors (Lipinski definition) is 4. The van der Waals surface area contributed by atoms with E-state index in [1.165, 1.54) is 6.20 Å². The molecule has 0 atom stereocenters. The number of nitrogen functional groups attached to an aromatic ring is 1. The number of nitrogens with one attached hydrogen (secondary N) is 2. The topological polar surface area (TPSA) is 158 Å². The molecule has 10 nitrogen and oxygen atoms in total. The molecule has 0 bridgehead atoms. The molecule has 31 heavy (non-hydrogen) atoms. The van der Waals surface area contributed by atoms with Gasteiger partial charge in [-0.25, -0.2) is 4.98 Å². The maximum Gasteiger partial charge on any atom is 0.256 e. The van der Waals surface area contributed by atoms with E-state index in [1.807, 2.05) is 31.2 Å². The van der Waals surface area contributed by atoms with Crippen LogP contribution >= 0.6 is 0 Å². The molecule has 160 valence electrons. The molecule has 1 aliphatic rings. The van der Waals surface area contributed by atoms with Crippen LogP contribution in [0.3, 0.4) is 0 Å². The number of benzene rings is 1. The number of aromatic nitrogens is 3. The van der Waals surface area contributed by atoms with Crippen molar-refractivity contribution >= 4 is 45.9 Å². The highest BCUT2D eigenvalue weighted by Gasteiger charge is 2.28. The summed E-state index contributed by atoms with van der Waals surface area (Å²) in [5.74, 6) is -0.167. The van der Waals surface area contributed by atoms with E-state index in [1.54, 1.807) is 4.57 Å². The third kappa shape index (κ3) is 4.04. The number of hydrogen-bond acceptors (Lipinski definition) is 8. The number of fused-ring (bicyclic) bond motifs is 1. The molecule has 1 fully saturated rings. The van der Waals surface area contributed by atoms with E-state index in [9.17, 15) is 14.4 Å². The number of amides is 1. The van der Waals surface area contributed by atoms with Crippen LogP contribution in [-0.4, -0.2) is 32.8 Å². The third-order valence-corrected chi connectivity index (χ3v) is 5.25. The van der Waals surface area contributed by atoms with Crippen LogP contribution < -0.4 is 27.5 Å². The largest absolute Gasteiger partial charge is 0.384 e. The van der Waals surface area contributed by atoms with E-state index < -0.39 is 11.3 Å². The van der Waals surface area contributed by atoms with Gasteiger partial charge >= 0.3 is 0 Å². The molecule has 4 rings (SSSR count). The van der Waals surface area contributed by atoms with E-state index in [2.05, 4.69) is 20.6 Å². The van der Waals surface area contributed by atoms with Crippen LogP contribution in [-0.2, 0) is 11.3 Å². The quantitative estimate of drug-likeness (QED) is 0.427. The van der Waals surface area contributed by atoms with Gasteiger partial charge in [0.25, 0.3) is 5.91 Å². The Morgan fingerprint density at radius 3 is 2.48 bits per heavy atom. The minimum absolute atomic E-state index is 0.0201. The molecular weight excluding hydrogens is 398 g/mol. The van der Waals surface area contributed by atoms with Crippen molar-refractivity contribution in [2.75, 3.05) is 22.9 Å². The van der Waals surface area contributed by atoms with Crippen molar-refractivity contribution in [3.05, 3.63) is 46.2 Å². The molecule has 1 aromatic carbocycles. The Morgan fingerprint density at radius 1 is 1.19 bits per heavy atom. The molecule has 2 aromatic heterocycles. The van der Waals surface area contributed by atoms with Crippen LogP contribution in [0, 0.1) is 5.92 Å². The number of anilines is 4. The zero-order valence-electron chi connectivity index (χ0n) is 17.0. The number of Topliss-reactive ketones (excluding diaryl/α,β-unsaturated/α-hetero) is 1. The summed E-state index contributed by atoms with van der Waals surface area (Å²) in [7, 11) is 0. The molecule has 0 saturated heterocycles. The summed E-state index contributed by atoms with van der Waals surface area (Å²) in [4.78, 5) is 44.7. The van der Waals surface area contributed by atoms with E-state index in [0.717, 1.165) is 24.2 Å². The molecule has 0 aliphatic heterocycles. The predicted molar refractivity (Wildman–Crippen MR) is 118 cm³/mol. The second kappa shape index (κ2) is 8.05. The second-order valence-corrected chi connectivity index (χ2v) is 7.43. The van der Waals surface area contributed by atoms with Crippen molar-refractivity contribution < 1.29 is 9.59 Å². The standard InChI is InChI=1S/C21H23N7O3/c1-2-28-18(22)16(19(23)31)17(30)14-9-25-21(27-20(14)28)26-13-7-5-12(6-8-13)24-10-15(29)11-3-4-11/h5-9,11,24H,2-4,10,22H2,1H3,(H2,23,31)(H,25,26,27). The number of nitrogens with zero attached hydrogens (tertiary/aromatic N) is 3. The van der Waals surface area contributed by atoms with Crippen molar-refractivity contribution in [1.29, 1.82) is 0 Å². The van der Waals surface area contributed by atoms with Crippen molar-refractivity contribution in [3.63, 3.8) is 0 Å². The van der Waals surface area contributed by atoms with Gasteiger partial charge in [0, 0.05) is 30.0 Å². The molecule has 0 spiro atoms. The van der Waals surface area contributed by atoms with Crippen LogP contribution in [0.25, 0.3) is 11.0 Å². The van der Waals surface area contributed by atoms with Crippen molar-refractivity contribution in [3.8, 4) is 0 Å². The Morgan fingerprint density at radius 2 is 1.87 bits per heavy atom. The number of rotatable bonds is 8. The molecule has 10 heteroatoms. The van der Waals surface area contributed by atoms with Gasteiger partial charge in [0.05, 0.1) is 11.9 Å². The Bertz CT molecular complexity index is 1230. The average Bonchev–Trinajstić information content (AvgIpc) is 3.58. The Balaban J connectivity index is 1.57. The molecule has 3 aromatic rings. The summed E-state index contributed by atoms with van der Waals surface area (Å²) in [6, 6.07) is 7.36. The second-order valence-electron chi connectivity index (χ2n) is 7.43. The molecule has 0 unspecified atom stereocenters. The first kappa shape index (κ1) is 20.3. The molecule has 2 heterocycles. The summed E-state index contributed by atoms with van der Waals surface area (Å²) >= 11 is 0. The number of nitrogens with two attached hydrogens (primary N) is 2. The van der Waals surface area contributed by atoms with E-state index in [-0.39, 0.29) is 34.4 Å². The Hall–Kier alpha value is -3.95. The highest BCUT2D eigenvalue weighted by Crippen LogP contribution is 2.29. The van der Waals surface area contributed by atoms with Crippen LogP contribution in [0.1, 0.15) is 30.1 Å². The molecular formula is C21H23N7O3. The zero-order chi connectivity index (χ0) is 22.1. The summed E-state index contributed by atoms with van der Waals surface area (Å²) < 4.78 is 1.55. The molecule has 1 saturated carbocycles. The third-order valence-electron chi connectivity index (χ3n) is 5.25. The lowest BCUT2D eigenvalue weighted by Crippen LogP contribution is -2.28. The first-order valence-corrected chi connectivity index (χ1v) is 10.0. The fourth-order valence-electron chi connectivity index (χ4n) is 3.40. The van der Waals surface area contributed by atoms with Gasteiger partial charge in [0.1, 0.15) is 11.4 Å². The van der Waals surface area contributed by atoms with Gasteiger partial charge in [-0.15, -0.1) is 0 Å². The highest BCUT2D eigenvalue weighted by atomic mass is 16.2. The van der Waals surface area contributed by atoms with E-state index >= 15 is 0 Å². The maximum absolute atomic E-state index is 12.6. The lowest BCUT2D eigenvalue weighted by atomic mass is 10.2. The van der Waals surface area contributed by atoms with Gasteiger partial charge in [-0.05, 0) is 44.0 Å². The fourth-order valence-corrected chi connectivity index (χ4v) is 3.40. The van der Waals surface area contributed by atoms with Gasteiger partial charge in [-0.3, -0.25) is 14.4 Å². The number of aryl methyl sites for hydroxylation is 1. The van der Waals surface area contributed by atoms with Crippen LogP contribution in [0.4, 0.5) is 23.1 Å². The maximum atomic E-state index is 12.6. The van der Waals surface area contributed by atoms with Gasteiger partial charge in [-0.1, -0.05) is 0 Å². The normalized spacial score (nSPS) is 13.2. The summed E-state index contributed by atoms with van der Waals surface area (Å²) in [6.45, 7) is 2.54. The zero-order valence-corrected chi connectivity index (χ0v) is 17.0. The number of primary amides is 1. The minimum atomic E-state index is -0.888. The van der Waals surface area contributed by atoms with Crippen LogP contribution in [0.15, 0.2) is 35.3 Å². The number of pyridine rings is 1. The first-order valence-electron chi connectivity index (χ1n) is 10.0. The minimum Gasteiger partial charge on any atom is -0.384 e. The number of carbonyl (C=O) groups is 2. The van der Waals surface area contributed by atoms with E-state index in [4.69, 9.17) is 11.5 Å². The Kier molecular flexibility index (Phi) is 5.28. The summed E-state index contributed by atoms with van der Waals surface area (Å²) in [5, 5.41) is 6.37. The first-order chi connectivity index (χ1) is 14.9. The smallest absolute Gasteiger partial charge is 0.256 e. The van der Waals surface area contributed by atoms with E-state index in [0.29, 0.717) is 18.7 Å². The average molecular weight is 421 g/mol. The number of carbonyl (C=O) groups excluding carboxylic acids is 2. The van der Waals surface area contributed by atoms with Crippen molar-refractivity contribution in [1.82, 2.24) is 14.5 Å². The van der Waals surface area contributed by atoms with Crippen LogP contribution in [0.2, 0.25) is 0 Å².